The molecule has 2 atom stereocenters. The van der Waals surface area contributed by atoms with Crippen LogP contribution in [0.1, 0.15) is 50.1 Å². The van der Waals surface area contributed by atoms with Gasteiger partial charge < -0.3 is 25.5 Å². The normalized spacial score (nSPS) is 18.2. The number of ketones is 1. The zero-order valence-corrected chi connectivity index (χ0v) is 31.3. The Morgan fingerprint density at radius 1 is 1.06 bits per heavy atom. The standard InChI is InChI=1S/C37H45N5O7S2/c1-37(2)26-13-8-9-14-28(26)41(4)31(37)21-24-34(25(35(24)45)22-32-42(5)29-15-10-11-16-30(29)50-32)39-27(23-51(47,48)49)36(46)38-18-20-40(3)19-12-6-7-17-33(43)44/h8-11,13-16,21-22,27H,6-7,12,17-20,23H2,1-5H3,(H3-,38,39,43,44,45,46,47,48,49)/p+2. The summed E-state index contributed by atoms with van der Waals surface area (Å²) in [5.41, 5.74) is 4.47. The van der Waals surface area contributed by atoms with Crippen molar-refractivity contribution in [2.45, 2.75) is 51.0 Å². The summed E-state index contributed by atoms with van der Waals surface area (Å²) in [7, 11) is 1.21. The monoisotopic (exact) mass is 737 g/mol. The maximum absolute atomic E-state index is 14.0. The van der Waals surface area contributed by atoms with Gasteiger partial charge >= 0.3 is 5.97 Å². The van der Waals surface area contributed by atoms with Crippen molar-refractivity contribution in [2.75, 3.05) is 44.4 Å². The van der Waals surface area contributed by atoms with Crippen LogP contribution in [0.2, 0.25) is 0 Å². The Bertz CT molecular complexity index is 2050. The van der Waals surface area contributed by atoms with Gasteiger partial charge in [0.15, 0.2) is 5.78 Å². The van der Waals surface area contributed by atoms with E-state index in [1.54, 1.807) is 6.08 Å². The molecule has 1 amide bonds. The number of nitrogens with zero attached hydrogens (tertiary/aromatic N) is 2. The number of carboxylic acid groups (broad SMARTS) is 1. The number of Topliss-reactive ketones (excluding diaryl/α,β-unsaturated/α-hetero) is 1. The number of anilines is 1. The first-order valence-corrected chi connectivity index (χ1v) is 19.5. The Hall–Kier alpha value is -4.37. The molecule has 0 saturated heterocycles. The number of amides is 1. The van der Waals surface area contributed by atoms with E-state index in [1.165, 1.54) is 11.3 Å². The number of carbonyl (C=O) groups is 3. The number of nitrogens with one attached hydrogen (secondary N) is 3. The van der Waals surface area contributed by atoms with Crippen LogP contribution in [0, 0.1) is 0 Å². The number of carboxylic acids is 1. The van der Waals surface area contributed by atoms with Gasteiger partial charge in [-0.3, -0.25) is 18.9 Å². The number of likely N-dealkylation sites (N-methyl/N-ethyl adjacent to an activating group) is 2. The first-order chi connectivity index (χ1) is 24.1. The molecule has 0 saturated carbocycles. The van der Waals surface area contributed by atoms with Gasteiger partial charge in [-0.05, 0) is 43.0 Å². The molecule has 272 valence electrons. The molecule has 2 aromatic carbocycles. The van der Waals surface area contributed by atoms with E-state index in [4.69, 9.17) is 5.11 Å². The van der Waals surface area contributed by atoms with Crippen LogP contribution in [0.15, 0.2) is 77.1 Å². The van der Waals surface area contributed by atoms with Crippen LogP contribution >= 0.6 is 11.3 Å². The van der Waals surface area contributed by atoms with E-state index >= 15 is 0 Å². The van der Waals surface area contributed by atoms with Crippen LogP contribution in [0.25, 0.3) is 16.3 Å². The quantitative estimate of drug-likeness (QED) is 0.0644. The zero-order chi connectivity index (χ0) is 37.1. The van der Waals surface area contributed by atoms with Crippen molar-refractivity contribution in [3.63, 3.8) is 0 Å². The Kier molecular flexibility index (Phi) is 11.5. The summed E-state index contributed by atoms with van der Waals surface area (Å²) in [5, 5.41) is 15.5. The van der Waals surface area contributed by atoms with Gasteiger partial charge in [-0.2, -0.15) is 13.0 Å². The SMILES string of the molecule is CN1/C(=C/C2=C(NC(CS(=O)(=O)O)C(=O)NCC[NH+](C)CCCCCC(=O)O)C(=C/c3sc4ccccc4[n+]3C)/C2=O)C(C)(C)c2ccccc21. The van der Waals surface area contributed by atoms with Crippen LogP contribution in [0.5, 0.6) is 0 Å². The Morgan fingerprint density at radius 3 is 2.45 bits per heavy atom. The number of hydrogen-bond donors (Lipinski definition) is 5. The highest BCUT2D eigenvalue weighted by atomic mass is 32.2. The lowest BCUT2D eigenvalue weighted by Crippen LogP contribution is -3.09. The minimum atomic E-state index is -4.60. The number of thiazole rings is 1. The molecule has 12 nitrogen and oxygen atoms in total. The second-order valence-electron chi connectivity index (χ2n) is 13.8. The third-order valence-corrected chi connectivity index (χ3v) is 11.6. The number of hydrogen-bond acceptors (Lipinski definition) is 8. The molecule has 5 rings (SSSR count). The Morgan fingerprint density at radius 2 is 1.76 bits per heavy atom. The molecule has 14 heteroatoms. The third-order valence-electron chi connectivity index (χ3n) is 9.65. The molecule has 0 radical (unpaired) electrons. The van der Waals surface area contributed by atoms with Crippen molar-refractivity contribution in [1.82, 2.24) is 10.6 Å². The zero-order valence-electron chi connectivity index (χ0n) is 29.7. The highest BCUT2D eigenvalue weighted by Crippen LogP contribution is 2.48. The third kappa shape index (κ3) is 8.58. The minimum Gasteiger partial charge on any atom is -0.481 e. The van der Waals surface area contributed by atoms with Gasteiger partial charge in [-0.25, -0.2) is 0 Å². The number of aryl methyl sites for hydroxylation is 1. The number of allylic oxidation sites excluding steroid dienone is 4. The summed E-state index contributed by atoms with van der Waals surface area (Å²) in [4.78, 5) is 41.4. The molecule has 0 fully saturated rings. The van der Waals surface area contributed by atoms with Crippen molar-refractivity contribution in [3.05, 3.63) is 87.7 Å². The fraction of sp³-hybridized carbons (Fsp3) is 0.405. The second kappa shape index (κ2) is 15.5. The smallest absolute Gasteiger partial charge is 0.303 e. The minimum absolute atomic E-state index is 0.139. The molecule has 3 aromatic rings. The molecule has 2 heterocycles. The predicted octanol–water partition coefficient (Wildman–Crippen LogP) is 2.38. The van der Waals surface area contributed by atoms with Gasteiger partial charge in [0.1, 0.15) is 23.5 Å². The number of benzene rings is 2. The van der Waals surface area contributed by atoms with E-state index < -0.39 is 39.2 Å². The topological polar surface area (TPSA) is 161 Å². The van der Waals surface area contributed by atoms with Crippen molar-refractivity contribution in [1.29, 1.82) is 0 Å². The number of carbonyl (C=O) groups excluding carboxylic acids is 2. The lowest BCUT2D eigenvalue weighted by atomic mass is 9.79. The Labute approximate surface area is 302 Å². The number of quaternary nitrogens is 1. The van der Waals surface area contributed by atoms with E-state index in [2.05, 4.69) is 30.5 Å². The molecular formula is C37H47N5O7S2+2. The summed E-state index contributed by atoms with van der Waals surface area (Å²) >= 11 is 1.51. The van der Waals surface area contributed by atoms with Gasteiger partial charge in [0.2, 0.25) is 11.4 Å². The number of fused-ring (bicyclic) bond motifs is 2. The molecule has 51 heavy (non-hydrogen) atoms. The molecule has 1 aliphatic carbocycles. The first-order valence-electron chi connectivity index (χ1n) is 17.0. The first kappa shape index (κ1) is 37.9. The summed E-state index contributed by atoms with van der Waals surface area (Å²) in [5.74, 6) is -2.58. The lowest BCUT2D eigenvalue weighted by molar-refractivity contribution is -0.878. The van der Waals surface area contributed by atoms with Gasteiger partial charge in [0.05, 0.1) is 38.0 Å². The van der Waals surface area contributed by atoms with Crippen molar-refractivity contribution in [3.8, 4) is 0 Å². The van der Waals surface area contributed by atoms with Crippen LogP contribution in [0.3, 0.4) is 0 Å². The molecule has 2 aliphatic rings. The molecule has 0 bridgehead atoms. The fourth-order valence-corrected chi connectivity index (χ4v) is 8.50. The molecule has 5 N–H and O–H groups in total. The largest absolute Gasteiger partial charge is 0.481 e. The average Bonchev–Trinajstić information content (AvgIpc) is 3.49. The van der Waals surface area contributed by atoms with Gasteiger partial charge in [-0.15, -0.1) is 0 Å². The predicted molar refractivity (Wildman–Crippen MR) is 198 cm³/mol. The van der Waals surface area contributed by atoms with E-state index in [0.29, 0.717) is 29.8 Å². The number of aliphatic carboxylic acids is 1. The maximum atomic E-state index is 14.0. The van der Waals surface area contributed by atoms with E-state index in [-0.39, 0.29) is 18.7 Å². The summed E-state index contributed by atoms with van der Waals surface area (Å²) < 4.78 is 37.3. The van der Waals surface area contributed by atoms with Crippen molar-refractivity contribution in [2.24, 2.45) is 7.05 Å². The van der Waals surface area contributed by atoms with E-state index in [1.807, 2.05) is 79.2 Å². The highest BCUT2D eigenvalue weighted by molar-refractivity contribution is 7.85. The van der Waals surface area contributed by atoms with Crippen LogP contribution < -0.4 is 25.0 Å². The van der Waals surface area contributed by atoms with Gasteiger partial charge in [-0.1, -0.05) is 55.5 Å². The number of aromatic nitrogens is 1. The molecule has 0 spiro atoms. The van der Waals surface area contributed by atoms with Crippen molar-refractivity contribution < 1.29 is 41.9 Å². The highest BCUT2D eigenvalue weighted by Gasteiger charge is 2.42. The second-order valence-corrected chi connectivity index (χ2v) is 16.3. The van der Waals surface area contributed by atoms with Gasteiger partial charge in [0, 0.05) is 48.0 Å². The lowest BCUT2D eigenvalue weighted by Gasteiger charge is -2.31. The summed E-state index contributed by atoms with van der Waals surface area (Å²) in [6.07, 6.45) is 5.94. The number of unbranched alkanes of at least 4 members (excludes halogenated alkanes) is 2. The van der Waals surface area contributed by atoms with Crippen LogP contribution in [-0.2, 0) is 37.0 Å². The van der Waals surface area contributed by atoms with Crippen molar-refractivity contribution >= 4 is 61.1 Å². The Balaban J connectivity index is 1.44. The van der Waals surface area contributed by atoms with E-state index in [9.17, 15) is 27.4 Å². The van der Waals surface area contributed by atoms with Crippen LogP contribution in [-0.4, -0.2) is 81.3 Å². The van der Waals surface area contributed by atoms with Crippen LogP contribution in [0.4, 0.5) is 5.69 Å². The molecule has 1 aliphatic heterocycles. The maximum Gasteiger partial charge on any atom is 0.303 e. The number of rotatable bonds is 16. The number of para-hydroxylation sites is 2. The van der Waals surface area contributed by atoms with Gasteiger partial charge in [0.25, 0.3) is 15.1 Å². The average molecular weight is 738 g/mol. The molecule has 1 aromatic heterocycles. The molecular weight excluding hydrogens is 691 g/mol. The summed E-state index contributed by atoms with van der Waals surface area (Å²) in [6.45, 7) is 5.74. The molecule has 2 unspecified atom stereocenters. The fourth-order valence-electron chi connectivity index (χ4n) is 6.75. The summed E-state index contributed by atoms with van der Waals surface area (Å²) in [6, 6.07) is 14.5. The van der Waals surface area contributed by atoms with E-state index in [0.717, 1.165) is 56.5 Å².